The molecule has 34 heavy (non-hydrogen) atoms. The standard InChI is InChI=1S/C23H18F3N3O4S/c1-14-19(27-10-9-20(14)32-13-23(24,25)26)12-34(31)22-28-17-8-7-16(11-18(17)29-22)33-21(30)15-5-3-2-4-6-15/h2-11H,12-13H2,1H3,(H,28,29). The van der Waals surface area contributed by atoms with Gasteiger partial charge in [-0.2, -0.15) is 13.2 Å². The van der Waals surface area contributed by atoms with E-state index in [0.29, 0.717) is 27.9 Å². The fourth-order valence-corrected chi connectivity index (χ4v) is 4.19. The molecule has 1 atom stereocenters. The molecule has 2 aromatic heterocycles. The predicted molar refractivity (Wildman–Crippen MR) is 118 cm³/mol. The fraction of sp³-hybridized carbons (Fsp3) is 0.174. The van der Waals surface area contributed by atoms with Crippen molar-refractivity contribution in [2.45, 2.75) is 24.0 Å². The van der Waals surface area contributed by atoms with Crippen LogP contribution in [0.5, 0.6) is 11.5 Å². The number of esters is 1. The number of hydrogen-bond donors (Lipinski definition) is 1. The number of nitrogens with one attached hydrogen (secondary N) is 1. The number of carbonyl (C=O) groups excluding carboxylic acids is 1. The van der Waals surface area contributed by atoms with Crippen molar-refractivity contribution in [1.82, 2.24) is 15.0 Å². The molecule has 0 bridgehead atoms. The van der Waals surface area contributed by atoms with Crippen LogP contribution in [0, 0.1) is 6.92 Å². The van der Waals surface area contributed by atoms with Crippen molar-refractivity contribution in [1.29, 1.82) is 0 Å². The Balaban J connectivity index is 1.49. The number of fused-ring (bicyclic) bond motifs is 1. The second kappa shape index (κ2) is 9.64. The molecule has 1 N–H and O–H groups in total. The van der Waals surface area contributed by atoms with Crippen LogP contribution < -0.4 is 9.47 Å². The highest BCUT2D eigenvalue weighted by Crippen LogP contribution is 2.26. The van der Waals surface area contributed by atoms with Crippen LogP contribution >= 0.6 is 0 Å². The van der Waals surface area contributed by atoms with Crippen molar-refractivity contribution in [2.75, 3.05) is 6.61 Å². The van der Waals surface area contributed by atoms with Crippen molar-refractivity contribution in [3.8, 4) is 11.5 Å². The van der Waals surface area contributed by atoms with E-state index >= 15 is 0 Å². The molecule has 0 fully saturated rings. The molecule has 2 aromatic carbocycles. The van der Waals surface area contributed by atoms with Crippen LogP contribution in [0.4, 0.5) is 13.2 Å². The number of hydrogen-bond acceptors (Lipinski definition) is 6. The number of carbonyl (C=O) groups is 1. The SMILES string of the molecule is Cc1c(OCC(F)(F)F)ccnc1CS(=O)c1nc2ccc(OC(=O)c3ccccc3)cc2[nH]1. The Labute approximate surface area is 194 Å². The van der Waals surface area contributed by atoms with Gasteiger partial charge >= 0.3 is 12.1 Å². The van der Waals surface area contributed by atoms with Gasteiger partial charge in [-0.25, -0.2) is 9.78 Å². The van der Waals surface area contributed by atoms with E-state index in [0.717, 1.165) is 0 Å². The Hall–Kier alpha value is -3.73. The zero-order valence-corrected chi connectivity index (χ0v) is 18.6. The van der Waals surface area contributed by atoms with E-state index in [1.165, 1.54) is 12.3 Å². The third-order valence-corrected chi connectivity index (χ3v) is 5.95. The van der Waals surface area contributed by atoms with Crippen LogP contribution in [-0.2, 0) is 16.6 Å². The van der Waals surface area contributed by atoms with E-state index in [4.69, 9.17) is 9.47 Å². The number of halogens is 3. The first-order valence-corrected chi connectivity index (χ1v) is 11.3. The molecule has 0 spiro atoms. The summed E-state index contributed by atoms with van der Waals surface area (Å²) in [5.74, 6) is -0.286. The smallest absolute Gasteiger partial charge is 0.422 e. The predicted octanol–water partition coefficient (Wildman–Crippen LogP) is 4.73. The van der Waals surface area contributed by atoms with E-state index in [9.17, 15) is 22.2 Å². The van der Waals surface area contributed by atoms with E-state index < -0.39 is 29.6 Å². The molecule has 0 aliphatic heterocycles. The molecular weight excluding hydrogens is 471 g/mol. The van der Waals surface area contributed by atoms with Gasteiger partial charge in [0.05, 0.1) is 38.8 Å². The van der Waals surface area contributed by atoms with Gasteiger partial charge in [0.2, 0.25) is 0 Å². The zero-order chi connectivity index (χ0) is 24.3. The molecule has 0 amide bonds. The van der Waals surface area contributed by atoms with Crippen LogP contribution in [-0.4, -0.2) is 37.9 Å². The zero-order valence-electron chi connectivity index (χ0n) is 17.8. The van der Waals surface area contributed by atoms with Crippen molar-refractivity contribution >= 4 is 27.8 Å². The minimum absolute atomic E-state index is 0.0220. The van der Waals surface area contributed by atoms with Gasteiger partial charge in [-0.05, 0) is 37.3 Å². The van der Waals surface area contributed by atoms with Gasteiger partial charge < -0.3 is 14.5 Å². The molecule has 0 aliphatic rings. The lowest BCUT2D eigenvalue weighted by Gasteiger charge is -2.13. The highest BCUT2D eigenvalue weighted by atomic mass is 32.2. The molecule has 4 aromatic rings. The van der Waals surface area contributed by atoms with Crippen molar-refractivity contribution in [2.24, 2.45) is 0 Å². The quantitative estimate of drug-likeness (QED) is 0.298. The third kappa shape index (κ3) is 5.60. The monoisotopic (exact) mass is 489 g/mol. The van der Waals surface area contributed by atoms with Crippen molar-refractivity contribution in [3.63, 3.8) is 0 Å². The van der Waals surface area contributed by atoms with Crippen LogP contribution in [0.25, 0.3) is 11.0 Å². The summed E-state index contributed by atoms with van der Waals surface area (Å²) in [6.07, 6.45) is -3.17. The van der Waals surface area contributed by atoms with E-state index in [2.05, 4.69) is 15.0 Å². The Bertz CT molecular complexity index is 1360. The summed E-state index contributed by atoms with van der Waals surface area (Å²) >= 11 is 0. The molecule has 176 valence electrons. The summed E-state index contributed by atoms with van der Waals surface area (Å²) in [5, 5.41) is 0.157. The number of rotatable bonds is 7. The fourth-order valence-electron chi connectivity index (χ4n) is 3.09. The third-order valence-electron chi connectivity index (χ3n) is 4.79. The Morgan fingerprint density at radius 3 is 2.62 bits per heavy atom. The van der Waals surface area contributed by atoms with Gasteiger partial charge in [-0.1, -0.05) is 18.2 Å². The van der Waals surface area contributed by atoms with Crippen LogP contribution in [0.15, 0.2) is 66.0 Å². The van der Waals surface area contributed by atoms with Crippen molar-refractivity contribution in [3.05, 3.63) is 77.6 Å². The van der Waals surface area contributed by atoms with E-state index in [1.54, 1.807) is 55.5 Å². The summed E-state index contributed by atoms with van der Waals surface area (Å²) in [5.41, 5.74) is 2.11. The molecule has 2 heterocycles. The maximum Gasteiger partial charge on any atom is 0.422 e. The lowest BCUT2D eigenvalue weighted by molar-refractivity contribution is -0.153. The Morgan fingerprint density at radius 2 is 1.88 bits per heavy atom. The average Bonchev–Trinajstić information content (AvgIpc) is 3.23. The number of aromatic nitrogens is 3. The molecule has 4 rings (SSSR count). The second-order valence-corrected chi connectivity index (χ2v) is 8.62. The summed E-state index contributed by atoms with van der Waals surface area (Å²) in [6.45, 7) is 0.123. The number of H-pyrrole nitrogens is 1. The number of pyridine rings is 1. The molecule has 0 aliphatic carbocycles. The number of ether oxygens (including phenoxy) is 2. The Morgan fingerprint density at radius 1 is 1.12 bits per heavy atom. The van der Waals surface area contributed by atoms with Crippen LogP contribution in [0.2, 0.25) is 0 Å². The van der Waals surface area contributed by atoms with Crippen molar-refractivity contribution < 1.29 is 31.6 Å². The van der Waals surface area contributed by atoms with Gasteiger partial charge in [0.1, 0.15) is 11.5 Å². The molecule has 0 radical (unpaired) electrons. The molecule has 1 unspecified atom stereocenters. The number of alkyl halides is 3. The van der Waals surface area contributed by atoms with Gasteiger partial charge in [-0.3, -0.25) is 9.19 Å². The highest BCUT2D eigenvalue weighted by Gasteiger charge is 2.29. The average molecular weight is 489 g/mol. The number of aromatic amines is 1. The summed E-state index contributed by atoms with van der Waals surface area (Å²) < 4.78 is 60.5. The van der Waals surface area contributed by atoms with Crippen LogP contribution in [0.1, 0.15) is 21.6 Å². The van der Waals surface area contributed by atoms with Gasteiger partial charge in [-0.15, -0.1) is 0 Å². The first-order chi connectivity index (χ1) is 16.2. The summed E-state index contributed by atoms with van der Waals surface area (Å²) in [6, 6.07) is 14.6. The number of benzene rings is 2. The molecule has 7 nitrogen and oxygen atoms in total. The van der Waals surface area contributed by atoms with Gasteiger partial charge in [0.15, 0.2) is 11.8 Å². The molecule has 0 saturated heterocycles. The lowest BCUT2D eigenvalue weighted by atomic mass is 10.2. The van der Waals surface area contributed by atoms with E-state index in [-0.39, 0.29) is 22.4 Å². The summed E-state index contributed by atoms with van der Waals surface area (Å²) in [7, 11) is -1.67. The van der Waals surface area contributed by atoms with E-state index in [1.807, 2.05) is 0 Å². The second-order valence-electron chi connectivity index (χ2n) is 7.25. The summed E-state index contributed by atoms with van der Waals surface area (Å²) in [4.78, 5) is 23.6. The number of imidazole rings is 1. The first kappa shape index (κ1) is 23.4. The molecule has 11 heteroatoms. The van der Waals surface area contributed by atoms with Gasteiger partial charge in [0.25, 0.3) is 0 Å². The lowest BCUT2D eigenvalue weighted by Crippen LogP contribution is -2.19. The van der Waals surface area contributed by atoms with Crippen LogP contribution in [0.3, 0.4) is 0 Å². The highest BCUT2D eigenvalue weighted by molar-refractivity contribution is 7.84. The first-order valence-electron chi connectivity index (χ1n) is 9.99. The maximum absolute atomic E-state index is 12.9. The Kier molecular flexibility index (Phi) is 6.64. The van der Waals surface area contributed by atoms with Gasteiger partial charge in [0, 0.05) is 17.8 Å². The number of nitrogens with zero attached hydrogens (tertiary/aromatic N) is 2. The molecule has 0 saturated carbocycles. The minimum Gasteiger partial charge on any atom is -0.484 e. The normalized spacial score (nSPS) is 12.5. The maximum atomic E-state index is 12.9. The minimum atomic E-state index is -4.47. The topological polar surface area (TPSA) is 94.2 Å². The largest absolute Gasteiger partial charge is 0.484 e. The molecular formula is C23H18F3N3O4S.